The number of carbonyl (C=O) groups is 3. The minimum atomic E-state index is -5.69. The normalized spacial score (nSPS) is 27.7. The van der Waals surface area contributed by atoms with Gasteiger partial charge in [0.25, 0.3) is 0 Å². The molecule has 3 rings (SSSR count). The zero-order valence-corrected chi connectivity index (χ0v) is 61.0. The Balaban J connectivity index is 1.71. The highest BCUT2D eigenvalue weighted by atomic mass is 31.2. The molecule has 0 amide bonds. The summed E-state index contributed by atoms with van der Waals surface area (Å²) in [6, 6.07) is 0. The van der Waals surface area contributed by atoms with Crippen LogP contribution in [0.2, 0.25) is 0 Å². The van der Waals surface area contributed by atoms with Crippen LogP contribution in [-0.4, -0.2) is 204 Å². The molecular weight excluding hydrogens is 1290 g/mol. The lowest BCUT2D eigenvalue weighted by Crippen LogP contribution is -2.69. The molecule has 1 aliphatic carbocycles. The van der Waals surface area contributed by atoms with Gasteiger partial charge in [-0.15, -0.1) is 0 Å². The minimum Gasteiger partial charge on any atom is -0.463 e. The van der Waals surface area contributed by atoms with Gasteiger partial charge < -0.3 is 89.1 Å². The number of aliphatic hydroxyl groups is 10. The van der Waals surface area contributed by atoms with Gasteiger partial charge in [0.15, 0.2) is 18.7 Å². The van der Waals surface area contributed by atoms with Gasteiger partial charge in [0, 0.05) is 19.3 Å². The molecule has 2 aliphatic heterocycles. The maximum atomic E-state index is 14.3. The zero-order chi connectivity index (χ0) is 71.8. The summed E-state index contributed by atoms with van der Waals surface area (Å²) >= 11 is 0. The van der Waals surface area contributed by atoms with Crippen molar-refractivity contribution >= 4 is 25.7 Å². The Hall–Kier alpha value is -2.30. The van der Waals surface area contributed by atoms with Crippen LogP contribution in [0.15, 0.2) is 12.2 Å². The van der Waals surface area contributed by atoms with Gasteiger partial charge in [0.2, 0.25) is 0 Å². The second-order valence-electron chi connectivity index (χ2n) is 27.7. The number of allylic oxidation sites excluding steroid dienone is 2. The van der Waals surface area contributed by atoms with E-state index in [1.54, 1.807) is 0 Å². The van der Waals surface area contributed by atoms with Crippen molar-refractivity contribution in [3.63, 3.8) is 0 Å². The van der Waals surface area contributed by atoms with Gasteiger partial charge in [-0.05, 0) is 44.9 Å². The van der Waals surface area contributed by atoms with Crippen LogP contribution >= 0.6 is 7.82 Å². The molecule has 18 unspecified atom stereocenters. The average molecular weight is 1430 g/mol. The lowest BCUT2D eigenvalue weighted by molar-refractivity contribution is -0.360. The minimum absolute atomic E-state index is 0.0248. The molecule has 25 heteroatoms. The molecule has 2 heterocycles. The third-order valence-corrected chi connectivity index (χ3v) is 20.0. The Morgan fingerprint density at radius 1 is 0.388 bits per heavy atom. The summed E-state index contributed by atoms with van der Waals surface area (Å²) in [5.41, 5.74) is 0. The molecule has 98 heavy (non-hydrogen) atoms. The largest absolute Gasteiger partial charge is 0.472 e. The Morgan fingerprint density at radius 3 is 1.11 bits per heavy atom. The van der Waals surface area contributed by atoms with Crippen molar-refractivity contribution in [2.24, 2.45) is 0 Å². The SMILES string of the molecule is CCCCCC/C=C\CCCCCCCCCC(=O)OCC1OC(OC2C(O)C(O)C(O)C(OC3OC(CO)C(O)C(O)C3O)C2OP(=O)(O)OCC(COC(=O)CCCCCCCCCCCCCCCCCCC)OC(=O)CCCCCCCCCCCCC)C(O)C(O)C1O. The third-order valence-electron chi connectivity index (χ3n) is 19.0. The number of unbranched alkanes of at least 4 members (excludes halogenated alkanes) is 37. The van der Waals surface area contributed by atoms with Crippen LogP contribution in [0, 0.1) is 0 Å². The van der Waals surface area contributed by atoms with Gasteiger partial charge in [-0.2, -0.15) is 0 Å². The number of ether oxygens (including phenoxy) is 7. The molecule has 0 aromatic rings. The highest BCUT2D eigenvalue weighted by Crippen LogP contribution is 2.49. The van der Waals surface area contributed by atoms with Crippen LogP contribution in [0.3, 0.4) is 0 Å². The van der Waals surface area contributed by atoms with Gasteiger partial charge in [-0.25, -0.2) is 4.57 Å². The van der Waals surface area contributed by atoms with E-state index in [0.29, 0.717) is 19.3 Å². The topological polar surface area (TPSA) is 374 Å². The molecule has 0 bridgehead atoms. The molecule has 0 aromatic heterocycles. The lowest BCUT2D eigenvalue weighted by atomic mass is 9.84. The highest BCUT2D eigenvalue weighted by Gasteiger charge is 2.58. The molecule has 0 spiro atoms. The van der Waals surface area contributed by atoms with Gasteiger partial charge in [0.05, 0.1) is 13.2 Å². The standard InChI is InChI=1S/C73H135O24P/c1-4-7-10-13-16-19-22-24-26-27-29-31-33-35-38-41-44-47-57(75)89-51-54(92-59(77)49-46-43-40-37-32-21-18-15-12-9-6-3)52-91-98(87,88)97-71-69(95-72-67(85)62(80)60(78)55(50-74)93-72)65(83)64(82)66(84)70(71)96-73-68(86)63(81)61(79)56(94-73)53-90-58(76)48-45-42-39-36-34-30-28-25-23-20-17-14-11-8-5-2/h20,23,54-56,60-74,78-86H,4-19,21-22,24-53H2,1-3H3,(H,87,88)/b23-20-. The molecule has 576 valence electrons. The van der Waals surface area contributed by atoms with E-state index in [4.69, 9.17) is 42.2 Å². The van der Waals surface area contributed by atoms with Gasteiger partial charge >= 0.3 is 25.7 Å². The number of carbonyl (C=O) groups excluding carboxylic acids is 3. The van der Waals surface area contributed by atoms with Crippen molar-refractivity contribution in [2.75, 3.05) is 26.4 Å². The van der Waals surface area contributed by atoms with Crippen LogP contribution in [0.25, 0.3) is 0 Å². The van der Waals surface area contributed by atoms with E-state index in [1.165, 1.54) is 135 Å². The molecule has 11 N–H and O–H groups in total. The summed E-state index contributed by atoms with van der Waals surface area (Å²) in [6.07, 6.45) is 14.2. The Kier molecular flexibility index (Phi) is 50.7. The number of aliphatic hydroxyl groups excluding tert-OH is 10. The summed E-state index contributed by atoms with van der Waals surface area (Å²) < 4.78 is 65.0. The zero-order valence-electron chi connectivity index (χ0n) is 60.1. The van der Waals surface area contributed by atoms with E-state index in [0.717, 1.165) is 109 Å². The van der Waals surface area contributed by atoms with Crippen molar-refractivity contribution in [1.29, 1.82) is 0 Å². The van der Waals surface area contributed by atoms with Crippen LogP contribution in [-0.2, 0) is 61.2 Å². The van der Waals surface area contributed by atoms with Crippen LogP contribution in [0.5, 0.6) is 0 Å². The second kappa shape index (κ2) is 55.2. The lowest BCUT2D eigenvalue weighted by Gasteiger charge is -2.49. The van der Waals surface area contributed by atoms with E-state index >= 15 is 0 Å². The monoisotopic (exact) mass is 1430 g/mol. The summed E-state index contributed by atoms with van der Waals surface area (Å²) in [5.74, 6) is -1.98. The number of hydrogen-bond acceptors (Lipinski definition) is 23. The van der Waals surface area contributed by atoms with Crippen LogP contribution in [0.4, 0.5) is 0 Å². The van der Waals surface area contributed by atoms with E-state index in [9.17, 15) is 74.9 Å². The van der Waals surface area contributed by atoms with E-state index < -0.39 is 156 Å². The Labute approximate surface area is 586 Å². The first kappa shape index (κ1) is 89.9. The summed E-state index contributed by atoms with van der Waals surface area (Å²) in [6.45, 7) is 3.44. The quantitative estimate of drug-likeness (QED) is 0.00886. The maximum absolute atomic E-state index is 14.3. The van der Waals surface area contributed by atoms with E-state index in [1.807, 2.05) is 0 Å². The third kappa shape index (κ3) is 37.9. The van der Waals surface area contributed by atoms with Crippen molar-refractivity contribution in [2.45, 2.75) is 407 Å². The number of hydrogen-bond donors (Lipinski definition) is 11. The van der Waals surface area contributed by atoms with Crippen molar-refractivity contribution < 1.29 is 117 Å². The van der Waals surface area contributed by atoms with Crippen molar-refractivity contribution in [3.8, 4) is 0 Å². The Bertz CT molecular complexity index is 2080. The average Bonchev–Trinajstić information content (AvgIpc) is 0.762. The predicted octanol–water partition coefficient (Wildman–Crippen LogP) is 10.7. The first-order chi connectivity index (χ1) is 47.3. The molecular formula is C73H135O24P. The summed E-state index contributed by atoms with van der Waals surface area (Å²) in [7, 11) is -5.69. The van der Waals surface area contributed by atoms with Crippen LogP contribution < -0.4 is 0 Å². The summed E-state index contributed by atoms with van der Waals surface area (Å²) in [5, 5.41) is 110. The first-order valence-electron chi connectivity index (χ1n) is 38.5. The molecule has 1 saturated carbocycles. The van der Waals surface area contributed by atoms with Crippen LogP contribution in [0.1, 0.15) is 303 Å². The van der Waals surface area contributed by atoms with Crippen molar-refractivity contribution in [1.82, 2.24) is 0 Å². The molecule has 18 atom stereocenters. The van der Waals surface area contributed by atoms with Crippen molar-refractivity contribution in [3.05, 3.63) is 12.2 Å². The fourth-order valence-corrected chi connectivity index (χ4v) is 13.7. The van der Waals surface area contributed by atoms with Gasteiger partial charge in [-0.1, -0.05) is 251 Å². The maximum Gasteiger partial charge on any atom is 0.472 e. The van der Waals surface area contributed by atoms with Gasteiger partial charge in [0.1, 0.15) is 98.7 Å². The number of phosphoric acid groups is 1. The molecule has 3 aliphatic rings. The molecule has 24 nitrogen and oxygen atoms in total. The summed E-state index contributed by atoms with van der Waals surface area (Å²) in [4.78, 5) is 51.0. The smallest absolute Gasteiger partial charge is 0.463 e. The Morgan fingerprint density at radius 2 is 0.714 bits per heavy atom. The molecule has 0 radical (unpaired) electrons. The molecule has 2 saturated heterocycles. The highest BCUT2D eigenvalue weighted by molar-refractivity contribution is 7.47. The fraction of sp³-hybridized carbons (Fsp3) is 0.932. The predicted molar refractivity (Wildman–Crippen MR) is 370 cm³/mol. The second-order valence-corrected chi connectivity index (χ2v) is 29.1. The number of esters is 3. The fourth-order valence-electron chi connectivity index (χ4n) is 12.8. The first-order valence-corrected chi connectivity index (χ1v) is 40.0. The number of phosphoric ester groups is 1. The number of rotatable bonds is 60. The molecule has 3 fully saturated rings. The molecule has 0 aromatic carbocycles. The van der Waals surface area contributed by atoms with E-state index in [-0.39, 0.29) is 19.3 Å². The van der Waals surface area contributed by atoms with Gasteiger partial charge in [-0.3, -0.25) is 23.4 Å². The van der Waals surface area contributed by atoms with E-state index in [2.05, 4.69) is 32.9 Å².